The average Bonchev–Trinajstić information content (AvgIpc) is 2.60. The number of ether oxygens (including phenoxy) is 1. The molecule has 0 bridgehead atoms. The van der Waals surface area contributed by atoms with Crippen LogP contribution in [-0.4, -0.2) is 31.3 Å². The van der Waals surface area contributed by atoms with Crippen LogP contribution in [-0.2, 0) is 9.53 Å². The van der Waals surface area contributed by atoms with Gasteiger partial charge in [0.2, 0.25) is 5.91 Å². The van der Waals surface area contributed by atoms with Crippen LogP contribution >= 0.6 is 0 Å². The molecule has 0 aromatic rings. The molecule has 0 fully saturated rings. The van der Waals surface area contributed by atoms with E-state index in [9.17, 15) is 4.79 Å². The van der Waals surface area contributed by atoms with Gasteiger partial charge < -0.3 is 15.2 Å². The monoisotopic (exact) mass is 337 g/mol. The number of allylic oxidation sites excluding steroid dienone is 4. The SMILES string of the molecule is CCC=CC(=CC=CCO)OCCCCCCCCCC(=O)NC. The summed E-state index contributed by atoms with van der Waals surface area (Å²) >= 11 is 0. The minimum absolute atomic E-state index is 0.0460. The Labute approximate surface area is 147 Å². The molecule has 0 radical (unpaired) electrons. The van der Waals surface area contributed by atoms with Crippen LogP contribution in [0.1, 0.15) is 64.7 Å². The van der Waals surface area contributed by atoms with Gasteiger partial charge in [-0.25, -0.2) is 0 Å². The van der Waals surface area contributed by atoms with Gasteiger partial charge in [-0.1, -0.05) is 57.3 Å². The van der Waals surface area contributed by atoms with Crippen molar-refractivity contribution < 1.29 is 14.6 Å². The number of hydrogen-bond acceptors (Lipinski definition) is 3. The lowest BCUT2D eigenvalue weighted by Gasteiger charge is -2.07. The number of amides is 1. The van der Waals surface area contributed by atoms with E-state index in [2.05, 4.69) is 18.3 Å². The van der Waals surface area contributed by atoms with Crippen molar-refractivity contribution in [2.24, 2.45) is 0 Å². The second-order valence-corrected chi connectivity index (χ2v) is 5.74. The van der Waals surface area contributed by atoms with Gasteiger partial charge in [0.1, 0.15) is 5.76 Å². The van der Waals surface area contributed by atoms with Crippen molar-refractivity contribution in [1.29, 1.82) is 0 Å². The molecule has 0 aromatic carbocycles. The van der Waals surface area contributed by atoms with Crippen molar-refractivity contribution >= 4 is 5.91 Å². The number of unbranched alkanes of at least 4 members (excludes halogenated alkanes) is 6. The standard InChI is InChI=1S/C20H35NO3/c1-3-4-14-19(15-11-12-17-22)24-18-13-9-7-5-6-8-10-16-20(23)21-2/h4,11-12,14-15,22H,3,5-10,13,16-18H2,1-2H3,(H,21,23). The van der Waals surface area contributed by atoms with Gasteiger partial charge in [-0.3, -0.25) is 4.79 Å². The highest BCUT2D eigenvalue weighted by atomic mass is 16.5. The van der Waals surface area contributed by atoms with Crippen LogP contribution < -0.4 is 5.32 Å². The zero-order chi connectivity index (χ0) is 17.9. The summed E-state index contributed by atoms with van der Waals surface area (Å²) in [4.78, 5) is 11.1. The Hall–Kier alpha value is -1.55. The molecular weight excluding hydrogens is 302 g/mol. The summed E-state index contributed by atoms with van der Waals surface area (Å²) in [5, 5.41) is 11.4. The fourth-order valence-electron chi connectivity index (χ4n) is 2.20. The molecule has 0 saturated carbocycles. The summed E-state index contributed by atoms with van der Waals surface area (Å²) in [7, 11) is 1.69. The van der Waals surface area contributed by atoms with Gasteiger partial charge in [-0.15, -0.1) is 0 Å². The molecule has 0 atom stereocenters. The number of aliphatic hydroxyl groups is 1. The molecule has 24 heavy (non-hydrogen) atoms. The number of carbonyl (C=O) groups excluding carboxylic acids is 1. The van der Waals surface area contributed by atoms with Crippen molar-refractivity contribution in [3.8, 4) is 0 Å². The van der Waals surface area contributed by atoms with Crippen molar-refractivity contribution in [2.75, 3.05) is 20.3 Å². The van der Waals surface area contributed by atoms with E-state index in [0.29, 0.717) is 6.42 Å². The minimum atomic E-state index is 0.0460. The van der Waals surface area contributed by atoms with Gasteiger partial charge >= 0.3 is 0 Å². The van der Waals surface area contributed by atoms with Gasteiger partial charge in [-0.05, 0) is 31.4 Å². The first-order valence-electron chi connectivity index (χ1n) is 9.22. The molecule has 0 aromatic heterocycles. The molecule has 4 heteroatoms. The molecule has 2 N–H and O–H groups in total. The highest BCUT2D eigenvalue weighted by molar-refractivity contribution is 5.75. The van der Waals surface area contributed by atoms with Crippen LogP contribution in [0.15, 0.2) is 36.1 Å². The number of nitrogens with one attached hydrogen (secondary N) is 1. The highest BCUT2D eigenvalue weighted by Gasteiger charge is 1.98. The molecule has 1 amide bonds. The third kappa shape index (κ3) is 15.3. The van der Waals surface area contributed by atoms with Gasteiger partial charge in [0.05, 0.1) is 13.2 Å². The maximum absolute atomic E-state index is 11.1. The average molecular weight is 338 g/mol. The Morgan fingerprint density at radius 1 is 1.04 bits per heavy atom. The van der Waals surface area contributed by atoms with Gasteiger partial charge in [0, 0.05) is 13.5 Å². The molecule has 138 valence electrons. The van der Waals surface area contributed by atoms with E-state index >= 15 is 0 Å². The minimum Gasteiger partial charge on any atom is -0.494 e. The third-order valence-electron chi connectivity index (χ3n) is 3.62. The number of rotatable bonds is 15. The lowest BCUT2D eigenvalue weighted by molar-refractivity contribution is -0.120. The largest absolute Gasteiger partial charge is 0.494 e. The van der Waals surface area contributed by atoms with E-state index in [1.165, 1.54) is 25.7 Å². The van der Waals surface area contributed by atoms with Crippen molar-refractivity contribution in [3.63, 3.8) is 0 Å². The number of hydrogen-bond donors (Lipinski definition) is 2. The Morgan fingerprint density at radius 3 is 2.33 bits per heavy atom. The molecule has 0 rings (SSSR count). The van der Waals surface area contributed by atoms with Crippen molar-refractivity contribution in [2.45, 2.75) is 64.7 Å². The zero-order valence-corrected chi connectivity index (χ0v) is 15.4. The third-order valence-corrected chi connectivity index (χ3v) is 3.62. The van der Waals surface area contributed by atoms with Gasteiger partial charge in [-0.2, -0.15) is 0 Å². The van der Waals surface area contributed by atoms with E-state index < -0.39 is 0 Å². The molecule has 0 spiro atoms. The normalized spacial score (nSPS) is 12.2. The molecule has 0 aliphatic rings. The molecular formula is C20H35NO3. The van der Waals surface area contributed by atoms with E-state index in [1.807, 2.05) is 18.2 Å². The summed E-state index contributed by atoms with van der Waals surface area (Å²) in [6.45, 7) is 2.86. The Morgan fingerprint density at radius 2 is 1.71 bits per heavy atom. The predicted molar refractivity (Wildman–Crippen MR) is 101 cm³/mol. The van der Waals surface area contributed by atoms with Crippen molar-refractivity contribution in [1.82, 2.24) is 5.32 Å². The fourth-order valence-corrected chi connectivity index (χ4v) is 2.20. The lowest BCUT2D eigenvalue weighted by atomic mass is 10.1. The number of aliphatic hydroxyl groups excluding tert-OH is 1. The van der Waals surface area contributed by atoms with E-state index in [-0.39, 0.29) is 12.5 Å². The van der Waals surface area contributed by atoms with Crippen LogP contribution in [0.4, 0.5) is 0 Å². The summed E-state index contributed by atoms with van der Waals surface area (Å²) in [5.41, 5.74) is 0. The quantitative estimate of drug-likeness (QED) is 0.266. The molecule has 0 heterocycles. The van der Waals surface area contributed by atoms with Crippen LogP contribution in [0.3, 0.4) is 0 Å². The Bertz CT molecular complexity index is 386. The van der Waals surface area contributed by atoms with Crippen LogP contribution in [0.2, 0.25) is 0 Å². The predicted octanol–water partition coefficient (Wildman–Crippen LogP) is 4.27. The summed E-state index contributed by atoms with van der Waals surface area (Å²) in [5.74, 6) is 0.984. The first-order chi connectivity index (χ1) is 11.7. The molecule has 4 nitrogen and oxygen atoms in total. The smallest absolute Gasteiger partial charge is 0.219 e. The summed E-state index contributed by atoms with van der Waals surface area (Å²) < 4.78 is 5.77. The second-order valence-electron chi connectivity index (χ2n) is 5.74. The topological polar surface area (TPSA) is 58.6 Å². The Balaban J connectivity index is 3.64. The van der Waals surface area contributed by atoms with Gasteiger partial charge in [0.25, 0.3) is 0 Å². The van der Waals surface area contributed by atoms with Crippen LogP contribution in [0, 0.1) is 0 Å². The first kappa shape index (κ1) is 22.4. The van der Waals surface area contributed by atoms with E-state index in [1.54, 1.807) is 13.1 Å². The fraction of sp³-hybridized carbons (Fsp3) is 0.650. The summed E-state index contributed by atoms with van der Waals surface area (Å²) in [6, 6.07) is 0. The van der Waals surface area contributed by atoms with Gasteiger partial charge in [0.15, 0.2) is 0 Å². The molecule has 0 saturated heterocycles. The van der Waals surface area contributed by atoms with E-state index in [0.717, 1.165) is 38.0 Å². The molecule has 0 unspecified atom stereocenters. The zero-order valence-electron chi connectivity index (χ0n) is 15.4. The Kier molecular flexibility index (Phi) is 16.6. The lowest BCUT2D eigenvalue weighted by Crippen LogP contribution is -2.16. The van der Waals surface area contributed by atoms with E-state index in [4.69, 9.17) is 9.84 Å². The molecule has 0 aliphatic carbocycles. The summed E-state index contributed by atoms with van der Waals surface area (Å²) in [6.07, 6.45) is 19.1. The maximum atomic E-state index is 11.1. The van der Waals surface area contributed by atoms with Crippen molar-refractivity contribution in [3.05, 3.63) is 36.1 Å². The number of carbonyl (C=O) groups is 1. The van der Waals surface area contributed by atoms with Crippen LogP contribution in [0.5, 0.6) is 0 Å². The van der Waals surface area contributed by atoms with Crippen LogP contribution in [0.25, 0.3) is 0 Å². The molecule has 0 aliphatic heterocycles. The second kappa shape index (κ2) is 17.8. The first-order valence-corrected chi connectivity index (χ1v) is 9.22. The maximum Gasteiger partial charge on any atom is 0.219 e. The highest BCUT2D eigenvalue weighted by Crippen LogP contribution is 2.10.